The number of thioether (sulfide) groups is 1. The number of benzene rings is 2. The van der Waals surface area contributed by atoms with E-state index in [-0.39, 0.29) is 10.8 Å². The molecule has 1 aliphatic heterocycles. The summed E-state index contributed by atoms with van der Waals surface area (Å²) in [6.07, 6.45) is 0. The number of ether oxygens (including phenoxy) is 1. The lowest BCUT2D eigenvalue weighted by Gasteiger charge is -2.26. The maximum atomic E-state index is 12.6. The van der Waals surface area contributed by atoms with Gasteiger partial charge in [-0.05, 0) is 42.0 Å². The van der Waals surface area contributed by atoms with Gasteiger partial charge in [-0.15, -0.1) is 0 Å². The molecule has 0 aromatic heterocycles. The Morgan fingerprint density at radius 3 is 2.38 bits per heavy atom. The smallest absolute Gasteiger partial charge is 0.251 e. The maximum absolute atomic E-state index is 12.6. The fourth-order valence-corrected chi connectivity index (χ4v) is 5.18. The summed E-state index contributed by atoms with van der Waals surface area (Å²) in [7, 11) is -3.55. The molecule has 0 unspecified atom stereocenters. The van der Waals surface area contributed by atoms with Crippen LogP contribution in [0.3, 0.4) is 0 Å². The Kier molecular flexibility index (Phi) is 7.97. The van der Waals surface area contributed by atoms with E-state index in [1.165, 1.54) is 22.0 Å². The topological polar surface area (TPSA) is 75.7 Å². The lowest BCUT2D eigenvalue weighted by molar-refractivity contribution is 0.0730. The first-order chi connectivity index (χ1) is 14.0. The molecule has 1 N–H and O–H groups in total. The van der Waals surface area contributed by atoms with Crippen molar-refractivity contribution in [1.82, 2.24) is 9.62 Å². The third-order valence-electron chi connectivity index (χ3n) is 4.44. The summed E-state index contributed by atoms with van der Waals surface area (Å²) in [5.74, 6) is 1.41. The molecule has 1 fully saturated rings. The van der Waals surface area contributed by atoms with E-state index in [1.54, 1.807) is 23.9 Å². The molecule has 6 nitrogen and oxygen atoms in total. The predicted octanol–water partition coefficient (Wildman–Crippen LogP) is 3.02. The largest absolute Gasteiger partial charge is 0.379 e. The number of carbonyl (C=O) groups is 1. The Morgan fingerprint density at radius 2 is 1.72 bits per heavy atom. The van der Waals surface area contributed by atoms with Crippen LogP contribution in [-0.2, 0) is 20.5 Å². The predicted molar refractivity (Wildman–Crippen MR) is 116 cm³/mol. The van der Waals surface area contributed by atoms with Crippen LogP contribution in [0.25, 0.3) is 0 Å². The summed E-state index contributed by atoms with van der Waals surface area (Å²) in [6.45, 7) is 2.02. The van der Waals surface area contributed by atoms with Gasteiger partial charge in [0.05, 0.1) is 18.1 Å². The van der Waals surface area contributed by atoms with Crippen molar-refractivity contribution in [2.45, 2.75) is 10.6 Å². The summed E-state index contributed by atoms with van der Waals surface area (Å²) in [5, 5.41) is 3.58. The molecule has 9 heteroatoms. The van der Waals surface area contributed by atoms with Gasteiger partial charge >= 0.3 is 0 Å². The lowest BCUT2D eigenvalue weighted by Crippen LogP contribution is -2.40. The van der Waals surface area contributed by atoms with Gasteiger partial charge in [-0.25, -0.2) is 8.42 Å². The Morgan fingerprint density at radius 1 is 1.07 bits per heavy atom. The van der Waals surface area contributed by atoms with Gasteiger partial charge in [0, 0.05) is 41.7 Å². The molecule has 0 spiro atoms. The average molecular weight is 455 g/mol. The van der Waals surface area contributed by atoms with E-state index in [1.807, 2.05) is 24.3 Å². The van der Waals surface area contributed by atoms with Crippen LogP contribution in [0.1, 0.15) is 15.9 Å². The van der Waals surface area contributed by atoms with Crippen molar-refractivity contribution in [2.75, 3.05) is 38.6 Å². The number of sulfonamides is 1. The van der Waals surface area contributed by atoms with Crippen LogP contribution in [0.4, 0.5) is 0 Å². The third kappa shape index (κ3) is 6.20. The number of hydrogen-bond acceptors (Lipinski definition) is 5. The van der Waals surface area contributed by atoms with Gasteiger partial charge in [0.15, 0.2) is 0 Å². The molecule has 0 atom stereocenters. The highest BCUT2D eigenvalue weighted by Gasteiger charge is 2.26. The summed E-state index contributed by atoms with van der Waals surface area (Å²) in [5.41, 5.74) is 1.62. The van der Waals surface area contributed by atoms with Gasteiger partial charge in [0.25, 0.3) is 5.91 Å². The van der Waals surface area contributed by atoms with Gasteiger partial charge < -0.3 is 10.1 Å². The van der Waals surface area contributed by atoms with E-state index in [2.05, 4.69) is 5.32 Å². The Bertz CT molecular complexity index is 913. The molecule has 2 aromatic rings. The minimum atomic E-state index is -3.55. The summed E-state index contributed by atoms with van der Waals surface area (Å²) in [4.78, 5) is 12.5. The number of halogens is 1. The first-order valence-electron chi connectivity index (χ1n) is 9.25. The van der Waals surface area contributed by atoms with E-state index >= 15 is 0 Å². The average Bonchev–Trinajstić information content (AvgIpc) is 2.75. The van der Waals surface area contributed by atoms with E-state index in [0.29, 0.717) is 38.4 Å². The van der Waals surface area contributed by atoms with E-state index < -0.39 is 10.0 Å². The molecule has 0 bridgehead atoms. The fraction of sp³-hybridized carbons (Fsp3) is 0.350. The zero-order chi connectivity index (χ0) is 20.7. The SMILES string of the molecule is O=C(NCCSCc1ccc(Cl)cc1)c1ccc(S(=O)(=O)N2CCOCC2)cc1. The Hall–Kier alpha value is -1.58. The molecule has 0 radical (unpaired) electrons. The van der Waals surface area contributed by atoms with Crippen LogP contribution >= 0.6 is 23.4 Å². The molecule has 0 saturated carbocycles. The van der Waals surface area contributed by atoms with E-state index in [9.17, 15) is 13.2 Å². The van der Waals surface area contributed by atoms with Crippen molar-refractivity contribution in [3.05, 3.63) is 64.7 Å². The van der Waals surface area contributed by atoms with Gasteiger partial charge in [-0.1, -0.05) is 23.7 Å². The van der Waals surface area contributed by atoms with Crippen LogP contribution in [-0.4, -0.2) is 57.2 Å². The third-order valence-corrected chi connectivity index (χ3v) is 7.63. The molecule has 3 rings (SSSR count). The van der Waals surface area contributed by atoms with Gasteiger partial charge in [-0.3, -0.25) is 4.79 Å². The zero-order valence-electron chi connectivity index (χ0n) is 15.8. The lowest BCUT2D eigenvalue weighted by atomic mass is 10.2. The molecule has 1 saturated heterocycles. The zero-order valence-corrected chi connectivity index (χ0v) is 18.2. The minimum absolute atomic E-state index is 0.189. The molecular weight excluding hydrogens is 432 g/mol. The number of amides is 1. The second-order valence-corrected chi connectivity index (χ2v) is 9.96. The molecule has 1 heterocycles. The standard InChI is InChI=1S/C20H23ClN2O4S2/c21-18-5-1-16(2-6-18)15-28-14-9-22-20(24)17-3-7-19(8-4-17)29(25,26)23-10-12-27-13-11-23/h1-8H,9-15H2,(H,22,24). The first-order valence-corrected chi connectivity index (χ1v) is 12.2. The molecule has 1 amide bonds. The fourth-order valence-electron chi connectivity index (χ4n) is 2.82. The van der Waals surface area contributed by atoms with Crippen LogP contribution in [0.5, 0.6) is 0 Å². The normalized spacial score (nSPS) is 15.2. The maximum Gasteiger partial charge on any atom is 0.251 e. The van der Waals surface area contributed by atoms with Crippen LogP contribution in [0.15, 0.2) is 53.4 Å². The number of morpholine rings is 1. The van der Waals surface area contributed by atoms with Crippen molar-refractivity contribution >= 4 is 39.3 Å². The van der Waals surface area contributed by atoms with Crippen LogP contribution in [0, 0.1) is 0 Å². The van der Waals surface area contributed by atoms with Crippen molar-refractivity contribution in [1.29, 1.82) is 0 Å². The number of nitrogens with zero attached hydrogens (tertiary/aromatic N) is 1. The molecule has 1 aliphatic rings. The van der Waals surface area contributed by atoms with Crippen LogP contribution < -0.4 is 5.32 Å². The second-order valence-electron chi connectivity index (χ2n) is 6.48. The summed E-state index contributed by atoms with van der Waals surface area (Å²) in [6, 6.07) is 13.8. The molecule has 0 aliphatic carbocycles. The van der Waals surface area contributed by atoms with Crippen molar-refractivity contribution in [2.24, 2.45) is 0 Å². The molecule has 156 valence electrons. The Labute approximate surface area is 180 Å². The molecule has 2 aromatic carbocycles. The molecule has 29 heavy (non-hydrogen) atoms. The summed E-state index contributed by atoms with van der Waals surface area (Å²) < 4.78 is 31.8. The van der Waals surface area contributed by atoms with Gasteiger partial charge in [0.1, 0.15) is 0 Å². The van der Waals surface area contributed by atoms with Crippen molar-refractivity contribution in [3.8, 4) is 0 Å². The monoisotopic (exact) mass is 454 g/mol. The van der Waals surface area contributed by atoms with Crippen LogP contribution in [0.2, 0.25) is 5.02 Å². The Balaban J connectivity index is 1.45. The quantitative estimate of drug-likeness (QED) is 0.620. The van der Waals surface area contributed by atoms with Crippen molar-refractivity contribution < 1.29 is 17.9 Å². The summed E-state index contributed by atoms with van der Waals surface area (Å²) >= 11 is 7.59. The van der Waals surface area contributed by atoms with Gasteiger partial charge in [-0.2, -0.15) is 16.1 Å². The van der Waals surface area contributed by atoms with Gasteiger partial charge in [0.2, 0.25) is 10.0 Å². The number of carbonyl (C=O) groups excluding carboxylic acids is 1. The van der Waals surface area contributed by atoms with E-state index in [4.69, 9.17) is 16.3 Å². The molecular formula is C20H23ClN2O4S2. The number of nitrogens with one attached hydrogen (secondary N) is 1. The highest BCUT2D eigenvalue weighted by Crippen LogP contribution is 2.18. The minimum Gasteiger partial charge on any atom is -0.379 e. The number of hydrogen-bond donors (Lipinski definition) is 1. The highest BCUT2D eigenvalue weighted by molar-refractivity contribution is 7.98. The van der Waals surface area contributed by atoms with E-state index in [0.717, 1.165) is 16.5 Å². The van der Waals surface area contributed by atoms with Crippen molar-refractivity contribution in [3.63, 3.8) is 0 Å². The highest BCUT2D eigenvalue weighted by atomic mass is 35.5. The number of rotatable bonds is 8. The second kappa shape index (κ2) is 10.4. The first kappa shape index (κ1) is 22.1.